The zero-order valence-corrected chi connectivity index (χ0v) is 15.5. The van der Waals surface area contributed by atoms with E-state index in [0.29, 0.717) is 41.7 Å². The molecular formula is C21H19NO6. The molecule has 2 heterocycles. The minimum Gasteiger partial charge on any atom is -0.486 e. The average Bonchev–Trinajstić information content (AvgIpc) is 2.67. The third-order valence-corrected chi connectivity index (χ3v) is 4.41. The van der Waals surface area contributed by atoms with Crippen LogP contribution < -0.4 is 25.2 Å². The van der Waals surface area contributed by atoms with Crippen LogP contribution in [0.4, 0.5) is 5.69 Å². The second kappa shape index (κ2) is 7.26. The first kappa shape index (κ1) is 17.9. The molecule has 0 saturated heterocycles. The lowest BCUT2D eigenvalue weighted by atomic mass is 10.1. The molecule has 7 nitrogen and oxygen atoms in total. The number of hydrogen-bond acceptors (Lipinski definition) is 6. The summed E-state index contributed by atoms with van der Waals surface area (Å²) in [5.41, 5.74) is 1.40. The second-order valence-electron chi connectivity index (χ2n) is 6.51. The number of carbonyl (C=O) groups excluding carboxylic acids is 1. The van der Waals surface area contributed by atoms with Crippen LogP contribution >= 0.6 is 0 Å². The highest BCUT2D eigenvalue weighted by atomic mass is 16.6. The number of anilines is 1. The molecule has 1 amide bonds. The first-order chi connectivity index (χ1) is 13.5. The highest BCUT2D eigenvalue weighted by molar-refractivity contribution is 5.94. The van der Waals surface area contributed by atoms with Crippen LogP contribution in [0.15, 0.2) is 51.7 Å². The van der Waals surface area contributed by atoms with Crippen LogP contribution in [0, 0.1) is 6.92 Å². The Morgan fingerprint density at radius 2 is 1.86 bits per heavy atom. The van der Waals surface area contributed by atoms with E-state index in [-0.39, 0.29) is 5.91 Å². The molecule has 1 aliphatic rings. The van der Waals surface area contributed by atoms with E-state index in [1.54, 1.807) is 43.3 Å². The summed E-state index contributed by atoms with van der Waals surface area (Å²) in [5, 5.41) is 3.61. The fraction of sp³-hybridized carbons (Fsp3) is 0.238. The standard InChI is InChI=1S/C21H19NO6/c1-12-9-20(23)28-18-11-15(4-5-16(12)18)27-13(2)21(24)22-14-3-6-17-19(10-14)26-8-7-25-17/h3-6,9-11,13H,7-8H2,1-2H3,(H,22,24). The maximum Gasteiger partial charge on any atom is 0.336 e. The molecule has 1 atom stereocenters. The average molecular weight is 381 g/mol. The number of hydrogen-bond donors (Lipinski definition) is 1. The normalized spacial score (nSPS) is 13.8. The van der Waals surface area contributed by atoms with Crippen LogP contribution in [0.1, 0.15) is 12.5 Å². The van der Waals surface area contributed by atoms with Gasteiger partial charge in [-0.2, -0.15) is 0 Å². The van der Waals surface area contributed by atoms with Gasteiger partial charge in [-0.1, -0.05) is 0 Å². The number of benzene rings is 2. The maximum absolute atomic E-state index is 12.5. The van der Waals surface area contributed by atoms with E-state index in [4.69, 9.17) is 18.6 Å². The smallest absolute Gasteiger partial charge is 0.336 e. The van der Waals surface area contributed by atoms with Gasteiger partial charge < -0.3 is 23.9 Å². The molecule has 0 saturated carbocycles. The SMILES string of the molecule is Cc1cc(=O)oc2cc(OC(C)C(=O)Nc3ccc4c(c3)OCCO4)ccc12. The third kappa shape index (κ3) is 3.64. The molecule has 0 fully saturated rings. The lowest BCUT2D eigenvalue weighted by Crippen LogP contribution is -2.30. The van der Waals surface area contributed by atoms with Crippen molar-refractivity contribution < 1.29 is 23.4 Å². The number of fused-ring (bicyclic) bond motifs is 2. The van der Waals surface area contributed by atoms with Gasteiger partial charge in [0.05, 0.1) is 0 Å². The van der Waals surface area contributed by atoms with Crippen LogP contribution in [0.2, 0.25) is 0 Å². The van der Waals surface area contributed by atoms with Crippen LogP contribution in [-0.2, 0) is 4.79 Å². The van der Waals surface area contributed by atoms with E-state index in [2.05, 4.69) is 5.32 Å². The van der Waals surface area contributed by atoms with E-state index in [1.165, 1.54) is 6.07 Å². The Morgan fingerprint density at radius 3 is 2.68 bits per heavy atom. The minimum atomic E-state index is -0.762. The van der Waals surface area contributed by atoms with Crippen molar-refractivity contribution in [3.05, 3.63) is 58.4 Å². The maximum atomic E-state index is 12.5. The summed E-state index contributed by atoms with van der Waals surface area (Å²) in [7, 11) is 0. The summed E-state index contributed by atoms with van der Waals surface area (Å²) in [5.74, 6) is 1.37. The van der Waals surface area contributed by atoms with Crippen molar-refractivity contribution >= 4 is 22.6 Å². The van der Waals surface area contributed by atoms with Crippen molar-refractivity contribution in [1.82, 2.24) is 0 Å². The summed E-state index contributed by atoms with van der Waals surface area (Å²) in [6.45, 7) is 4.46. The predicted molar refractivity (Wildman–Crippen MR) is 103 cm³/mol. The lowest BCUT2D eigenvalue weighted by molar-refractivity contribution is -0.122. The molecule has 1 N–H and O–H groups in total. The van der Waals surface area contributed by atoms with E-state index >= 15 is 0 Å². The minimum absolute atomic E-state index is 0.317. The largest absolute Gasteiger partial charge is 0.486 e. The summed E-state index contributed by atoms with van der Waals surface area (Å²) in [6.07, 6.45) is -0.762. The lowest BCUT2D eigenvalue weighted by Gasteiger charge is -2.20. The van der Waals surface area contributed by atoms with Gasteiger partial charge >= 0.3 is 5.63 Å². The zero-order valence-electron chi connectivity index (χ0n) is 15.5. The van der Waals surface area contributed by atoms with E-state index in [9.17, 15) is 9.59 Å². The molecule has 7 heteroatoms. The molecular weight excluding hydrogens is 362 g/mol. The molecule has 3 aromatic rings. The van der Waals surface area contributed by atoms with Crippen LogP contribution in [0.5, 0.6) is 17.2 Å². The highest BCUT2D eigenvalue weighted by Crippen LogP contribution is 2.32. The van der Waals surface area contributed by atoms with Gasteiger partial charge in [0.25, 0.3) is 5.91 Å². The third-order valence-electron chi connectivity index (χ3n) is 4.41. The van der Waals surface area contributed by atoms with Gasteiger partial charge in [-0.25, -0.2) is 4.79 Å². The van der Waals surface area contributed by atoms with Crippen molar-refractivity contribution in [3.8, 4) is 17.2 Å². The summed E-state index contributed by atoms with van der Waals surface area (Å²) < 4.78 is 21.9. The fourth-order valence-corrected chi connectivity index (χ4v) is 3.00. The molecule has 1 aliphatic heterocycles. The molecule has 144 valence electrons. The van der Waals surface area contributed by atoms with E-state index in [1.807, 2.05) is 6.92 Å². The number of carbonyl (C=O) groups is 1. The topological polar surface area (TPSA) is 87.0 Å². The van der Waals surface area contributed by atoms with Gasteiger partial charge in [0.15, 0.2) is 17.6 Å². The van der Waals surface area contributed by atoms with Crippen LogP contribution in [-0.4, -0.2) is 25.2 Å². The first-order valence-electron chi connectivity index (χ1n) is 8.91. The Kier molecular flexibility index (Phi) is 4.65. The van der Waals surface area contributed by atoms with Gasteiger partial charge in [-0.15, -0.1) is 0 Å². The first-order valence-corrected chi connectivity index (χ1v) is 8.91. The monoisotopic (exact) mass is 381 g/mol. The molecule has 4 rings (SSSR count). The Morgan fingerprint density at radius 1 is 1.07 bits per heavy atom. The summed E-state index contributed by atoms with van der Waals surface area (Å²) in [4.78, 5) is 24.0. The van der Waals surface area contributed by atoms with Gasteiger partial charge in [0.2, 0.25) is 0 Å². The second-order valence-corrected chi connectivity index (χ2v) is 6.51. The van der Waals surface area contributed by atoms with E-state index in [0.717, 1.165) is 10.9 Å². The van der Waals surface area contributed by atoms with E-state index < -0.39 is 11.7 Å². The fourth-order valence-electron chi connectivity index (χ4n) is 3.00. The molecule has 0 radical (unpaired) electrons. The summed E-state index contributed by atoms with van der Waals surface area (Å²) in [6, 6.07) is 11.8. The Balaban J connectivity index is 1.47. The molecule has 28 heavy (non-hydrogen) atoms. The Bertz CT molecular complexity index is 1100. The summed E-state index contributed by atoms with van der Waals surface area (Å²) >= 11 is 0. The van der Waals surface area contributed by atoms with Gasteiger partial charge in [-0.05, 0) is 43.7 Å². The number of amides is 1. The zero-order chi connectivity index (χ0) is 19.7. The van der Waals surface area contributed by atoms with Crippen molar-refractivity contribution in [2.45, 2.75) is 20.0 Å². The number of aryl methyl sites for hydroxylation is 1. The molecule has 2 aromatic carbocycles. The number of nitrogens with one attached hydrogen (secondary N) is 1. The molecule has 1 unspecified atom stereocenters. The number of ether oxygens (including phenoxy) is 3. The Hall–Kier alpha value is -3.48. The van der Waals surface area contributed by atoms with Gasteiger partial charge in [-0.3, -0.25) is 4.79 Å². The molecule has 0 aliphatic carbocycles. The van der Waals surface area contributed by atoms with Crippen molar-refractivity contribution in [2.75, 3.05) is 18.5 Å². The highest BCUT2D eigenvalue weighted by Gasteiger charge is 2.18. The number of rotatable bonds is 4. The van der Waals surface area contributed by atoms with Gasteiger partial charge in [0.1, 0.15) is 24.5 Å². The van der Waals surface area contributed by atoms with Crippen LogP contribution in [0.25, 0.3) is 11.0 Å². The van der Waals surface area contributed by atoms with Crippen molar-refractivity contribution in [3.63, 3.8) is 0 Å². The quantitative estimate of drug-likeness (QED) is 0.698. The van der Waals surface area contributed by atoms with Gasteiger partial charge in [0, 0.05) is 29.3 Å². The van der Waals surface area contributed by atoms with Crippen LogP contribution in [0.3, 0.4) is 0 Å². The van der Waals surface area contributed by atoms with Crippen molar-refractivity contribution in [1.29, 1.82) is 0 Å². The molecule has 0 bridgehead atoms. The van der Waals surface area contributed by atoms with Crippen molar-refractivity contribution in [2.24, 2.45) is 0 Å². The molecule has 1 aromatic heterocycles. The predicted octanol–water partition coefficient (Wildman–Crippen LogP) is 3.28. The molecule has 0 spiro atoms. The Labute approximate surface area is 160 Å².